The Morgan fingerprint density at radius 3 is 2.25 bits per heavy atom. The zero-order valence-electron chi connectivity index (χ0n) is 7.62. The van der Waals surface area contributed by atoms with E-state index in [1.807, 2.05) is 0 Å². The van der Waals surface area contributed by atoms with Crippen LogP contribution < -0.4 is 0 Å². The van der Waals surface area contributed by atoms with E-state index in [2.05, 4.69) is 0 Å². The van der Waals surface area contributed by atoms with E-state index >= 15 is 0 Å². The van der Waals surface area contributed by atoms with Crippen molar-refractivity contribution in [3.63, 3.8) is 0 Å². The number of rotatable bonds is 2. The van der Waals surface area contributed by atoms with Crippen molar-refractivity contribution >= 4 is 0 Å². The monoisotopic (exact) mass is 172 g/mol. The topological polar surface area (TPSA) is 38.7 Å². The smallest absolute Gasteiger partial charge is 0.197 e. The van der Waals surface area contributed by atoms with Crippen LogP contribution in [0.1, 0.15) is 19.3 Å². The maximum absolute atomic E-state index is 9.88. The van der Waals surface area contributed by atoms with Crippen molar-refractivity contribution < 1.29 is 14.6 Å². The van der Waals surface area contributed by atoms with Crippen molar-refractivity contribution in [3.05, 3.63) is 0 Å². The summed E-state index contributed by atoms with van der Waals surface area (Å²) >= 11 is 0. The molecule has 12 heavy (non-hydrogen) atoms. The van der Waals surface area contributed by atoms with E-state index in [-0.39, 0.29) is 0 Å². The highest BCUT2D eigenvalue weighted by atomic mass is 16.7. The predicted octanol–water partition coefficient (Wildman–Crippen LogP) is 0.766. The summed E-state index contributed by atoms with van der Waals surface area (Å²) in [5, 5.41) is 9.88. The van der Waals surface area contributed by atoms with Gasteiger partial charge in [-0.1, -0.05) is 0 Å². The minimum Gasteiger partial charge on any atom is -0.387 e. The maximum atomic E-state index is 9.88. The van der Waals surface area contributed by atoms with Crippen LogP contribution in [-0.4, -0.2) is 31.2 Å². The lowest BCUT2D eigenvalue weighted by molar-refractivity contribution is -0.280. The Bertz CT molecular complexity index is 173. The van der Waals surface area contributed by atoms with Crippen molar-refractivity contribution in [2.24, 2.45) is 11.8 Å². The normalized spacial score (nSPS) is 43.8. The Balaban J connectivity index is 2.24. The molecule has 2 aliphatic carbocycles. The molecule has 0 aromatic rings. The van der Waals surface area contributed by atoms with Gasteiger partial charge < -0.3 is 14.6 Å². The second kappa shape index (κ2) is 2.69. The van der Waals surface area contributed by atoms with Gasteiger partial charge in [-0.2, -0.15) is 0 Å². The molecule has 0 heterocycles. The predicted molar refractivity (Wildman–Crippen MR) is 43.6 cm³/mol. The third-order valence-corrected chi connectivity index (χ3v) is 3.54. The fraction of sp³-hybridized carbons (Fsp3) is 1.00. The molecule has 0 spiro atoms. The zero-order valence-corrected chi connectivity index (χ0v) is 7.62. The van der Waals surface area contributed by atoms with Gasteiger partial charge in [-0.25, -0.2) is 0 Å². The molecule has 2 bridgehead atoms. The third-order valence-electron chi connectivity index (χ3n) is 3.54. The Morgan fingerprint density at radius 1 is 1.25 bits per heavy atom. The number of aliphatic hydroxyl groups is 1. The summed E-state index contributed by atoms with van der Waals surface area (Å²) in [6, 6.07) is 0. The van der Waals surface area contributed by atoms with Crippen LogP contribution in [0.5, 0.6) is 0 Å². The minimum atomic E-state index is -0.692. The summed E-state index contributed by atoms with van der Waals surface area (Å²) in [5.41, 5.74) is 0. The highest BCUT2D eigenvalue weighted by Crippen LogP contribution is 2.52. The van der Waals surface area contributed by atoms with Gasteiger partial charge in [0, 0.05) is 20.1 Å². The van der Waals surface area contributed by atoms with Gasteiger partial charge in [0.2, 0.25) is 0 Å². The first-order chi connectivity index (χ1) is 5.74. The van der Waals surface area contributed by atoms with Crippen molar-refractivity contribution in [3.8, 4) is 0 Å². The average Bonchev–Trinajstić information content (AvgIpc) is 2.64. The molecule has 0 aromatic carbocycles. The van der Waals surface area contributed by atoms with Crippen molar-refractivity contribution in [1.29, 1.82) is 0 Å². The molecule has 0 aromatic heterocycles. The summed E-state index contributed by atoms with van der Waals surface area (Å²) in [6.07, 6.45) is 2.89. The molecule has 3 nitrogen and oxygen atoms in total. The summed E-state index contributed by atoms with van der Waals surface area (Å²) in [5.74, 6) is 0.102. The zero-order chi connectivity index (χ0) is 8.77. The first kappa shape index (κ1) is 8.48. The minimum absolute atomic E-state index is 0.396. The van der Waals surface area contributed by atoms with E-state index in [1.165, 1.54) is 0 Å². The van der Waals surface area contributed by atoms with Gasteiger partial charge in [-0.05, 0) is 25.2 Å². The summed E-state index contributed by atoms with van der Waals surface area (Å²) < 4.78 is 10.6. The number of fused-ring (bicyclic) bond motifs is 2. The number of aliphatic hydroxyl groups excluding tert-OH is 1. The van der Waals surface area contributed by atoms with Gasteiger partial charge in [-0.15, -0.1) is 0 Å². The van der Waals surface area contributed by atoms with E-state index < -0.39 is 11.9 Å². The Labute approximate surface area is 72.7 Å². The van der Waals surface area contributed by atoms with Crippen molar-refractivity contribution in [2.45, 2.75) is 31.2 Å². The van der Waals surface area contributed by atoms with Crippen LogP contribution in [-0.2, 0) is 9.47 Å². The van der Waals surface area contributed by atoms with E-state index in [4.69, 9.17) is 9.47 Å². The van der Waals surface area contributed by atoms with Crippen LogP contribution in [0.4, 0.5) is 0 Å². The fourth-order valence-electron chi connectivity index (χ4n) is 2.90. The Hall–Kier alpha value is -0.120. The van der Waals surface area contributed by atoms with Crippen LogP contribution in [0.15, 0.2) is 0 Å². The molecule has 70 valence electrons. The molecule has 0 radical (unpaired) electrons. The average molecular weight is 172 g/mol. The van der Waals surface area contributed by atoms with E-state index in [1.54, 1.807) is 14.2 Å². The fourth-order valence-corrected chi connectivity index (χ4v) is 2.90. The SMILES string of the molecule is COC1(OC)[C@H]2CC[C@@H](C2)[C@H]1O. The molecule has 3 atom stereocenters. The third kappa shape index (κ3) is 0.817. The molecule has 2 rings (SSSR count). The van der Waals surface area contributed by atoms with Gasteiger partial charge in [0.05, 0.1) is 0 Å². The highest BCUT2D eigenvalue weighted by Gasteiger charge is 2.59. The van der Waals surface area contributed by atoms with Gasteiger partial charge in [0.15, 0.2) is 5.79 Å². The lowest BCUT2D eigenvalue weighted by atomic mass is 9.91. The van der Waals surface area contributed by atoms with E-state index in [0.29, 0.717) is 11.8 Å². The first-order valence-electron chi connectivity index (χ1n) is 4.53. The number of ether oxygens (including phenoxy) is 2. The Kier molecular flexibility index (Phi) is 1.90. The van der Waals surface area contributed by atoms with Crippen LogP contribution in [0.25, 0.3) is 0 Å². The van der Waals surface area contributed by atoms with Gasteiger partial charge in [0.1, 0.15) is 6.10 Å². The molecule has 2 saturated carbocycles. The number of hydrogen-bond donors (Lipinski definition) is 1. The van der Waals surface area contributed by atoms with Crippen LogP contribution >= 0.6 is 0 Å². The molecule has 0 saturated heterocycles. The Morgan fingerprint density at radius 2 is 1.92 bits per heavy atom. The summed E-state index contributed by atoms with van der Waals surface area (Å²) in [6.45, 7) is 0. The van der Waals surface area contributed by atoms with Crippen molar-refractivity contribution in [1.82, 2.24) is 0 Å². The van der Waals surface area contributed by atoms with Gasteiger partial charge in [-0.3, -0.25) is 0 Å². The van der Waals surface area contributed by atoms with Crippen LogP contribution in [0.2, 0.25) is 0 Å². The number of hydrogen-bond acceptors (Lipinski definition) is 3. The van der Waals surface area contributed by atoms with E-state index in [0.717, 1.165) is 19.3 Å². The van der Waals surface area contributed by atoms with Crippen LogP contribution in [0.3, 0.4) is 0 Å². The molecule has 0 aliphatic heterocycles. The molecular formula is C9H16O3. The lowest BCUT2D eigenvalue weighted by Gasteiger charge is -2.38. The first-order valence-corrected chi connectivity index (χ1v) is 4.53. The molecule has 1 N–H and O–H groups in total. The lowest BCUT2D eigenvalue weighted by Crippen LogP contribution is -2.50. The standard InChI is InChI=1S/C9H16O3/c1-11-9(12-2)7-4-3-6(5-7)8(9)10/h6-8,10H,3-5H2,1-2H3/t6-,7-,8+/m0/s1. The van der Waals surface area contributed by atoms with Crippen LogP contribution in [0, 0.1) is 11.8 Å². The number of methoxy groups -OCH3 is 2. The van der Waals surface area contributed by atoms with E-state index in [9.17, 15) is 5.11 Å². The quantitative estimate of drug-likeness (QED) is 0.625. The molecule has 0 unspecified atom stereocenters. The molecule has 2 aliphatic rings. The second-order valence-electron chi connectivity index (χ2n) is 3.84. The summed E-state index contributed by atoms with van der Waals surface area (Å²) in [7, 11) is 3.24. The molecule has 3 heteroatoms. The molecular weight excluding hydrogens is 156 g/mol. The van der Waals surface area contributed by atoms with Gasteiger partial charge >= 0.3 is 0 Å². The maximum Gasteiger partial charge on any atom is 0.197 e. The van der Waals surface area contributed by atoms with Crippen molar-refractivity contribution in [2.75, 3.05) is 14.2 Å². The molecule has 2 fully saturated rings. The van der Waals surface area contributed by atoms with Gasteiger partial charge in [0.25, 0.3) is 0 Å². The molecule has 0 amide bonds. The largest absolute Gasteiger partial charge is 0.387 e. The second-order valence-corrected chi connectivity index (χ2v) is 3.84. The highest BCUT2D eigenvalue weighted by molar-refractivity contribution is 5.03. The summed E-state index contributed by atoms with van der Waals surface area (Å²) in [4.78, 5) is 0.